The summed E-state index contributed by atoms with van der Waals surface area (Å²) in [5, 5.41) is 37.2. The number of nitrogens with one attached hydrogen (secondary N) is 2. The highest BCUT2D eigenvalue weighted by atomic mass is 16.4. The predicted molar refractivity (Wildman–Crippen MR) is 184 cm³/mol. The molecule has 262 valence electrons. The van der Waals surface area contributed by atoms with Crippen molar-refractivity contribution in [2.75, 3.05) is 5.32 Å². The number of rotatable bonds is 10. The minimum absolute atomic E-state index is 0.0103. The minimum Gasteiger partial charge on any atom is -0.480 e. The van der Waals surface area contributed by atoms with Gasteiger partial charge in [0, 0.05) is 18.5 Å². The molecule has 47 heavy (non-hydrogen) atoms. The van der Waals surface area contributed by atoms with E-state index in [1.165, 1.54) is 0 Å². The Kier molecular flexibility index (Phi) is 10.5. The molecule has 0 aliphatic heterocycles. The second kappa shape index (κ2) is 13.8. The summed E-state index contributed by atoms with van der Waals surface area (Å²) in [7, 11) is 0. The van der Waals surface area contributed by atoms with Gasteiger partial charge in [-0.3, -0.25) is 9.59 Å². The van der Waals surface area contributed by atoms with E-state index in [2.05, 4.69) is 52.2 Å². The fourth-order valence-corrected chi connectivity index (χ4v) is 10.8. The highest BCUT2D eigenvalue weighted by Gasteiger charge is 2.62. The highest BCUT2D eigenvalue weighted by Crippen LogP contribution is 2.68. The van der Waals surface area contributed by atoms with Crippen molar-refractivity contribution in [3.05, 3.63) is 29.8 Å². The smallest absolute Gasteiger partial charge is 0.326 e. The molecule has 0 spiro atoms. The average Bonchev–Trinajstić information content (AvgIpc) is 3.35. The number of hydrogen-bond acceptors (Lipinski definition) is 5. The zero-order chi connectivity index (χ0) is 34.3. The lowest BCUT2D eigenvalue weighted by atomic mass is 9.43. The first-order valence-corrected chi connectivity index (χ1v) is 18.3. The zero-order valence-electron chi connectivity index (χ0n) is 29.6. The molecule has 2 amide bonds. The van der Waals surface area contributed by atoms with Crippen molar-refractivity contribution in [1.82, 2.24) is 5.32 Å². The van der Waals surface area contributed by atoms with E-state index in [9.17, 15) is 29.7 Å². The van der Waals surface area contributed by atoms with Crippen molar-refractivity contribution in [3.8, 4) is 0 Å². The highest BCUT2D eigenvalue weighted by molar-refractivity contribution is 5.91. The van der Waals surface area contributed by atoms with Crippen LogP contribution in [-0.2, 0) is 19.8 Å². The molecular formula is C39H60N2O6. The van der Waals surface area contributed by atoms with Gasteiger partial charge in [-0.25, -0.2) is 4.79 Å². The van der Waals surface area contributed by atoms with Crippen LogP contribution in [0.15, 0.2) is 24.3 Å². The Balaban J connectivity index is 1.12. The molecule has 0 saturated heterocycles. The third-order valence-corrected chi connectivity index (χ3v) is 13.5. The normalized spacial score (nSPS) is 36.3. The molecule has 4 fully saturated rings. The molecule has 11 atom stereocenters. The summed E-state index contributed by atoms with van der Waals surface area (Å²) in [4.78, 5) is 37.7. The SMILES string of the molecule is C[C@H](CCC(=O)N[C@@H](CCC(=O)Nc1cccc(C(C)(C)C)c1)C(=O)O)[C@H]1CC[C@H]2[C@@H]3[C@H](O)C[C@H]4C[C@H](O)CC[C@]4(C)[C@H]3CC[C@]12C. The van der Waals surface area contributed by atoms with E-state index in [1.54, 1.807) is 0 Å². The van der Waals surface area contributed by atoms with Crippen LogP contribution in [0.2, 0.25) is 0 Å². The predicted octanol–water partition coefficient (Wildman–Crippen LogP) is 6.68. The second-order valence-electron chi connectivity index (χ2n) is 17.3. The number of carboxylic acid groups (broad SMARTS) is 1. The average molecular weight is 653 g/mol. The molecule has 5 rings (SSSR count). The van der Waals surface area contributed by atoms with Crippen LogP contribution in [0.4, 0.5) is 5.69 Å². The zero-order valence-corrected chi connectivity index (χ0v) is 29.6. The molecule has 4 aliphatic rings. The van der Waals surface area contributed by atoms with E-state index >= 15 is 0 Å². The number of hydrogen-bond donors (Lipinski definition) is 5. The van der Waals surface area contributed by atoms with Gasteiger partial charge in [-0.15, -0.1) is 0 Å². The molecule has 1 aromatic rings. The van der Waals surface area contributed by atoms with Crippen LogP contribution >= 0.6 is 0 Å². The van der Waals surface area contributed by atoms with Crippen molar-refractivity contribution < 1.29 is 29.7 Å². The maximum Gasteiger partial charge on any atom is 0.326 e. The number of fused-ring (bicyclic) bond motifs is 5. The molecule has 5 N–H and O–H groups in total. The van der Waals surface area contributed by atoms with Crippen molar-refractivity contribution in [2.24, 2.45) is 46.3 Å². The molecule has 0 unspecified atom stereocenters. The first-order valence-electron chi connectivity index (χ1n) is 18.3. The number of amides is 2. The van der Waals surface area contributed by atoms with Crippen molar-refractivity contribution in [2.45, 2.75) is 142 Å². The summed E-state index contributed by atoms with van der Waals surface area (Å²) in [5.41, 5.74) is 2.03. The van der Waals surface area contributed by atoms with Crippen molar-refractivity contribution >= 4 is 23.5 Å². The third-order valence-electron chi connectivity index (χ3n) is 13.5. The fraction of sp³-hybridized carbons (Fsp3) is 0.769. The van der Waals surface area contributed by atoms with Crippen LogP contribution in [0.1, 0.15) is 124 Å². The van der Waals surface area contributed by atoms with Gasteiger partial charge in [-0.1, -0.05) is 53.7 Å². The molecular weight excluding hydrogens is 592 g/mol. The van der Waals surface area contributed by atoms with E-state index < -0.39 is 12.0 Å². The van der Waals surface area contributed by atoms with Crippen LogP contribution in [0.25, 0.3) is 0 Å². The Morgan fingerprint density at radius 3 is 2.30 bits per heavy atom. The molecule has 0 radical (unpaired) electrons. The summed E-state index contributed by atoms with van der Waals surface area (Å²) < 4.78 is 0. The maximum absolute atomic E-state index is 13.0. The molecule has 8 heteroatoms. The largest absolute Gasteiger partial charge is 0.480 e. The first-order chi connectivity index (χ1) is 22.0. The molecule has 0 aromatic heterocycles. The lowest BCUT2D eigenvalue weighted by Gasteiger charge is -2.62. The monoisotopic (exact) mass is 652 g/mol. The van der Waals surface area contributed by atoms with Crippen LogP contribution in [-0.4, -0.2) is 51.4 Å². The van der Waals surface area contributed by atoms with E-state index in [1.807, 2.05) is 24.3 Å². The Hall–Kier alpha value is -2.45. The number of aliphatic carboxylic acids is 1. The Morgan fingerprint density at radius 1 is 0.915 bits per heavy atom. The Labute approximate surface area is 281 Å². The van der Waals surface area contributed by atoms with Gasteiger partial charge in [0.25, 0.3) is 0 Å². The van der Waals surface area contributed by atoms with Crippen LogP contribution in [0.5, 0.6) is 0 Å². The van der Waals surface area contributed by atoms with E-state index in [4.69, 9.17) is 0 Å². The number of aliphatic hydroxyl groups is 2. The molecule has 4 aliphatic carbocycles. The first kappa shape index (κ1) is 35.8. The van der Waals surface area contributed by atoms with E-state index in [-0.39, 0.29) is 59.5 Å². The lowest BCUT2D eigenvalue weighted by Crippen LogP contribution is -2.58. The van der Waals surface area contributed by atoms with Gasteiger partial charge in [0.2, 0.25) is 11.8 Å². The molecule has 0 bridgehead atoms. The third kappa shape index (κ3) is 7.44. The van der Waals surface area contributed by atoms with Gasteiger partial charge in [-0.2, -0.15) is 0 Å². The maximum atomic E-state index is 13.0. The van der Waals surface area contributed by atoms with Crippen LogP contribution in [0.3, 0.4) is 0 Å². The van der Waals surface area contributed by atoms with Gasteiger partial charge in [0.1, 0.15) is 6.04 Å². The summed E-state index contributed by atoms with van der Waals surface area (Å²) in [5.74, 6) is 0.752. The van der Waals surface area contributed by atoms with Crippen LogP contribution < -0.4 is 10.6 Å². The van der Waals surface area contributed by atoms with Gasteiger partial charge in [-0.05, 0) is 134 Å². The van der Waals surface area contributed by atoms with E-state index in [0.29, 0.717) is 47.6 Å². The summed E-state index contributed by atoms with van der Waals surface area (Å²) >= 11 is 0. The summed E-state index contributed by atoms with van der Waals surface area (Å²) in [6.45, 7) is 13.4. The van der Waals surface area contributed by atoms with Gasteiger partial charge in [0.15, 0.2) is 0 Å². The number of carboxylic acids is 1. The number of benzene rings is 1. The van der Waals surface area contributed by atoms with Gasteiger partial charge < -0.3 is 26.0 Å². The number of aliphatic hydroxyl groups excluding tert-OH is 2. The molecule has 0 heterocycles. The van der Waals surface area contributed by atoms with Gasteiger partial charge >= 0.3 is 5.97 Å². The fourth-order valence-electron chi connectivity index (χ4n) is 10.8. The van der Waals surface area contributed by atoms with E-state index in [0.717, 1.165) is 56.9 Å². The van der Waals surface area contributed by atoms with Crippen molar-refractivity contribution in [3.63, 3.8) is 0 Å². The minimum atomic E-state index is -1.13. The number of anilines is 1. The molecule has 1 aromatic carbocycles. The standard InChI is InChI=1S/C39H60N2O6/c1-23(10-14-34(45)41-31(36(46)47)13-15-33(44)40-26-9-7-8-24(20-26)37(2,3)4)28-11-12-29-35-30(17-19-39(28,29)6)38(5)18-16-27(42)21-25(38)22-32(35)43/h7-9,20,23,25,27-32,35,42-43H,10-19,21-22H2,1-6H3,(H,40,44)(H,41,45)(H,46,47)/t23-,25-,27-,28-,29+,30+,31+,32-,35+,38+,39-/m1/s1. The van der Waals surface area contributed by atoms with Gasteiger partial charge in [0.05, 0.1) is 12.2 Å². The molecule has 8 nitrogen and oxygen atoms in total. The lowest BCUT2D eigenvalue weighted by molar-refractivity contribution is -0.174. The summed E-state index contributed by atoms with van der Waals surface area (Å²) in [6, 6.07) is 6.55. The number of carbonyl (C=O) groups excluding carboxylic acids is 2. The number of carbonyl (C=O) groups is 3. The quantitative estimate of drug-likeness (QED) is 0.191. The topological polar surface area (TPSA) is 136 Å². The van der Waals surface area contributed by atoms with Crippen molar-refractivity contribution in [1.29, 1.82) is 0 Å². The summed E-state index contributed by atoms with van der Waals surface area (Å²) in [6.07, 6.45) is 8.44. The van der Waals surface area contributed by atoms with Crippen LogP contribution in [0, 0.1) is 46.3 Å². The second-order valence-corrected chi connectivity index (χ2v) is 17.3. The Bertz CT molecular complexity index is 1310. The molecule has 4 saturated carbocycles. The Morgan fingerprint density at radius 2 is 1.60 bits per heavy atom.